The molecule has 1 aliphatic carbocycles. The molecule has 1 saturated carbocycles. The summed E-state index contributed by atoms with van der Waals surface area (Å²) in [5, 5.41) is 9.66. The molecule has 0 bridgehead atoms. The number of hydrogen-bond acceptors (Lipinski definition) is 2. The Hall–Kier alpha value is -3.05. The lowest BCUT2D eigenvalue weighted by Gasteiger charge is -2.29. The number of ether oxygens (including phenoxy) is 1. The van der Waals surface area contributed by atoms with E-state index in [4.69, 9.17) is 4.74 Å². The number of aliphatic hydroxyl groups excluding tert-OH is 1. The molecule has 0 saturated heterocycles. The molecule has 1 N–H and O–H groups in total. The van der Waals surface area contributed by atoms with Gasteiger partial charge in [0, 0.05) is 5.56 Å². The van der Waals surface area contributed by atoms with E-state index in [-0.39, 0.29) is 17.1 Å². The van der Waals surface area contributed by atoms with Crippen molar-refractivity contribution in [2.75, 3.05) is 6.61 Å². The van der Waals surface area contributed by atoms with E-state index in [9.17, 15) is 18.3 Å². The topological polar surface area (TPSA) is 29.5 Å². The average Bonchev–Trinajstić information content (AvgIpc) is 2.91. The van der Waals surface area contributed by atoms with Gasteiger partial charge >= 0.3 is 0 Å². The van der Waals surface area contributed by atoms with Crippen LogP contribution < -0.4 is 4.74 Å². The predicted octanol–water partition coefficient (Wildman–Crippen LogP) is 8.69. The average molecular weight is 509 g/mol. The van der Waals surface area contributed by atoms with Crippen LogP contribution in [0.3, 0.4) is 0 Å². The Morgan fingerprint density at radius 3 is 2.35 bits per heavy atom. The molecule has 1 fully saturated rings. The van der Waals surface area contributed by atoms with Crippen molar-refractivity contribution in [2.24, 2.45) is 5.92 Å². The molecule has 0 heterocycles. The van der Waals surface area contributed by atoms with Crippen LogP contribution in [0, 0.1) is 23.4 Å². The maximum Gasteiger partial charge on any atom is 0.166 e. The summed E-state index contributed by atoms with van der Waals surface area (Å²) in [5.41, 5.74) is 2.93. The summed E-state index contributed by atoms with van der Waals surface area (Å²) in [6.45, 7) is 5.71. The van der Waals surface area contributed by atoms with E-state index in [0.29, 0.717) is 42.4 Å². The molecule has 0 aromatic heterocycles. The third kappa shape index (κ3) is 6.64. The highest BCUT2D eigenvalue weighted by atomic mass is 19.2. The van der Waals surface area contributed by atoms with Crippen LogP contribution in [-0.2, 0) is 6.42 Å². The first-order valence-corrected chi connectivity index (χ1v) is 13.2. The minimum atomic E-state index is -0.829. The molecule has 2 nitrogen and oxygen atoms in total. The van der Waals surface area contributed by atoms with Crippen molar-refractivity contribution in [1.29, 1.82) is 0 Å². The second kappa shape index (κ2) is 12.5. The third-order valence-electron chi connectivity index (χ3n) is 7.54. The third-order valence-corrected chi connectivity index (χ3v) is 7.54. The Balaban J connectivity index is 1.31. The number of hydrogen-bond donors (Lipinski definition) is 1. The van der Waals surface area contributed by atoms with Gasteiger partial charge in [-0.3, -0.25) is 0 Å². The van der Waals surface area contributed by atoms with Crippen LogP contribution in [0.5, 0.6) is 5.75 Å². The predicted molar refractivity (Wildman–Crippen MR) is 142 cm³/mol. The van der Waals surface area contributed by atoms with Gasteiger partial charge in [0.1, 0.15) is 0 Å². The standard InChI is InChI=1S/C32H35F3O2/c1-3-4-19-37-30-18-16-27(20-29(30)33)24-8-5-22(6-9-24)7-10-26-15-17-28(32(35)31(26)34)25-13-11-23(12-14-25)21(2)36/h3,11-18,20-22,24,36H,1,4-10,19H2,2H3. The van der Waals surface area contributed by atoms with Gasteiger partial charge in [-0.1, -0.05) is 48.5 Å². The minimum Gasteiger partial charge on any atom is -0.490 e. The van der Waals surface area contributed by atoms with Crippen molar-refractivity contribution < 1.29 is 23.0 Å². The highest BCUT2D eigenvalue weighted by Gasteiger charge is 2.24. The first-order chi connectivity index (χ1) is 17.9. The molecule has 3 aromatic rings. The largest absolute Gasteiger partial charge is 0.490 e. The Morgan fingerprint density at radius 2 is 1.70 bits per heavy atom. The molecule has 3 aromatic carbocycles. The second-order valence-electron chi connectivity index (χ2n) is 10.1. The first kappa shape index (κ1) is 27.0. The summed E-state index contributed by atoms with van der Waals surface area (Å²) in [6.07, 6.45) is 6.98. The van der Waals surface area contributed by atoms with Crippen LogP contribution in [0.2, 0.25) is 0 Å². The van der Waals surface area contributed by atoms with Gasteiger partial charge in [0.2, 0.25) is 0 Å². The molecule has 0 radical (unpaired) electrons. The van der Waals surface area contributed by atoms with E-state index in [1.54, 1.807) is 61.5 Å². The maximum atomic E-state index is 14.9. The smallest absolute Gasteiger partial charge is 0.166 e. The molecule has 1 aliphatic rings. The molecule has 1 atom stereocenters. The summed E-state index contributed by atoms with van der Waals surface area (Å²) in [6, 6.07) is 15.4. The quantitative estimate of drug-likeness (QED) is 0.219. The number of aliphatic hydroxyl groups is 1. The zero-order valence-electron chi connectivity index (χ0n) is 21.4. The monoisotopic (exact) mass is 508 g/mol. The van der Waals surface area contributed by atoms with Gasteiger partial charge in [0.15, 0.2) is 23.2 Å². The van der Waals surface area contributed by atoms with Crippen molar-refractivity contribution in [1.82, 2.24) is 0 Å². The lowest BCUT2D eigenvalue weighted by atomic mass is 9.77. The van der Waals surface area contributed by atoms with E-state index < -0.39 is 17.7 Å². The van der Waals surface area contributed by atoms with Gasteiger partial charge in [0.05, 0.1) is 12.7 Å². The molecule has 4 rings (SSSR count). The van der Waals surface area contributed by atoms with Crippen LogP contribution in [0.15, 0.2) is 67.3 Å². The fraction of sp³-hybridized carbons (Fsp3) is 0.375. The van der Waals surface area contributed by atoms with E-state index in [1.807, 2.05) is 6.07 Å². The van der Waals surface area contributed by atoms with Crippen molar-refractivity contribution in [3.05, 3.63) is 101 Å². The van der Waals surface area contributed by atoms with Crippen molar-refractivity contribution in [2.45, 2.75) is 63.9 Å². The number of benzene rings is 3. The summed E-state index contributed by atoms with van der Waals surface area (Å²) < 4.78 is 49.7. The normalized spacial score (nSPS) is 18.4. The van der Waals surface area contributed by atoms with Crippen LogP contribution in [0.25, 0.3) is 11.1 Å². The van der Waals surface area contributed by atoms with Crippen LogP contribution in [-0.4, -0.2) is 11.7 Å². The van der Waals surface area contributed by atoms with E-state index in [1.165, 1.54) is 0 Å². The van der Waals surface area contributed by atoms with Crippen molar-refractivity contribution in [3.63, 3.8) is 0 Å². The number of halogens is 3. The fourth-order valence-corrected chi connectivity index (χ4v) is 5.23. The van der Waals surface area contributed by atoms with Gasteiger partial charge in [-0.25, -0.2) is 13.2 Å². The SMILES string of the molecule is C=CCCOc1ccc(C2CCC(CCc3ccc(-c4ccc(C(C)O)cc4)c(F)c3F)CC2)cc1F. The van der Waals surface area contributed by atoms with E-state index in [0.717, 1.165) is 43.2 Å². The molecule has 196 valence electrons. The zero-order valence-corrected chi connectivity index (χ0v) is 21.4. The van der Waals surface area contributed by atoms with Crippen LogP contribution >= 0.6 is 0 Å². The Bertz CT molecular complexity index is 1200. The fourth-order valence-electron chi connectivity index (χ4n) is 5.23. The lowest BCUT2D eigenvalue weighted by Crippen LogP contribution is -2.14. The highest BCUT2D eigenvalue weighted by molar-refractivity contribution is 5.65. The molecular weight excluding hydrogens is 473 g/mol. The highest BCUT2D eigenvalue weighted by Crippen LogP contribution is 2.39. The summed E-state index contributed by atoms with van der Waals surface area (Å²) >= 11 is 0. The molecule has 0 aliphatic heterocycles. The van der Waals surface area contributed by atoms with Gasteiger partial charge in [-0.15, -0.1) is 6.58 Å². The second-order valence-corrected chi connectivity index (χ2v) is 10.1. The van der Waals surface area contributed by atoms with Crippen LogP contribution in [0.4, 0.5) is 13.2 Å². The Morgan fingerprint density at radius 1 is 0.973 bits per heavy atom. The maximum absolute atomic E-state index is 14.9. The number of aryl methyl sites for hydroxylation is 1. The lowest BCUT2D eigenvalue weighted by molar-refractivity contribution is 0.199. The zero-order chi connectivity index (χ0) is 26.4. The van der Waals surface area contributed by atoms with Crippen molar-refractivity contribution >= 4 is 0 Å². The summed E-state index contributed by atoms with van der Waals surface area (Å²) in [5.74, 6) is -0.916. The molecule has 0 spiro atoms. The first-order valence-electron chi connectivity index (χ1n) is 13.2. The molecule has 0 amide bonds. The Labute approximate surface area is 217 Å². The number of rotatable bonds is 10. The van der Waals surface area contributed by atoms with E-state index in [2.05, 4.69) is 6.58 Å². The molecular formula is C32H35F3O2. The summed E-state index contributed by atoms with van der Waals surface area (Å²) in [4.78, 5) is 0. The van der Waals surface area contributed by atoms with Gasteiger partial charge in [-0.05, 0) is 98.1 Å². The van der Waals surface area contributed by atoms with Crippen LogP contribution in [0.1, 0.15) is 74.2 Å². The van der Waals surface area contributed by atoms with Gasteiger partial charge in [-0.2, -0.15) is 0 Å². The minimum absolute atomic E-state index is 0.225. The molecule has 5 heteroatoms. The van der Waals surface area contributed by atoms with Gasteiger partial charge in [0.25, 0.3) is 0 Å². The van der Waals surface area contributed by atoms with Gasteiger partial charge < -0.3 is 9.84 Å². The summed E-state index contributed by atoms with van der Waals surface area (Å²) in [7, 11) is 0. The van der Waals surface area contributed by atoms with E-state index >= 15 is 0 Å². The Kier molecular flexibility index (Phi) is 9.09. The molecule has 1 unspecified atom stereocenters. The van der Waals surface area contributed by atoms with Crippen molar-refractivity contribution in [3.8, 4) is 16.9 Å². The molecule has 37 heavy (non-hydrogen) atoms.